The van der Waals surface area contributed by atoms with Crippen molar-refractivity contribution in [2.24, 2.45) is 0 Å². The molecule has 5 aromatic rings. The van der Waals surface area contributed by atoms with Crippen LogP contribution in [-0.4, -0.2) is 70.5 Å². The zero-order valence-corrected chi connectivity index (χ0v) is 23.2. The summed E-state index contributed by atoms with van der Waals surface area (Å²) in [5.41, 5.74) is 3.56. The van der Waals surface area contributed by atoms with E-state index < -0.39 is 6.04 Å². The number of ether oxygens (including phenoxy) is 2. The number of rotatable bonds is 9. The molecule has 1 N–H and O–H groups in total. The second kappa shape index (κ2) is 11.8. The van der Waals surface area contributed by atoms with E-state index in [0.717, 1.165) is 60.7 Å². The van der Waals surface area contributed by atoms with Gasteiger partial charge in [0.2, 0.25) is 0 Å². The number of hydrogen-bond acceptors (Lipinski definition) is 8. The van der Waals surface area contributed by atoms with Gasteiger partial charge in [-0.25, -0.2) is 4.68 Å². The smallest absolute Gasteiger partial charge is 0.253 e. The number of aromatic nitrogens is 5. The Balaban J connectivity index is 1.34. The molecular weight excluding hydrogens is 518 g/mol. The zero-order valence-electron chi connectivity index (χ0n) is 23.2. The first-order valence-corrected chi connectivity index (χ1v) is 13.8. The van der Waals surface area contributed by atoms with Crippen molar-refractivity contribution in [3.05, 3.63) is 106 Å². The lowest BCUT2D eigenvalue weighted by Crippen LogP contribution is -2.49. The summed E-state index contributed by atoms with van der Waals surface area (Å²) in [6, 6.07) is 25.6. The fraction of sp³-hybridized carbons (Fsp3) is 0.290. The average Bonchev–Trinajstić information content (AvgIpc) is 3.49. The Hall–Kier alpha value is -4.70. The van der Waals surface area contributed by atoms with Crippen molar-refractivity contribution < 1.29 is 9.47 Å². The number of methoxy groups -OCH3 is 2. The molecule has 0 amide bonds. The second-order valence-corrected chi connectivity index (χ2v) is 10.1. The second-order valence-electron chi connectivity index (χ2n) is 10.1. The topological polar surface area (TPSA) is 101 Å². The molecule has 1 atom stereocenters. The number of nitrogens with one attached hydrogen (secondary N) is 1. The van der Waals surface area contributed by atoms with Crippen molar-refractivity contribution in [1.29, 1.82) is 0 Å². The third-order valence-corrected chi connectivity index (χ3v) is 7.75. The van der Waals surface area contributed by atoms with E-state index in [-0.39, 0.29) is 5.56 Å². The number of nitrogens with zero attached hydrogens (tertiary/aromatic N) is 6. The molecule has 3 heterocycles. The summed E-state index contributed by atoms with van der Waals surface area (Å²) in [5, 5.41) is 13.8. The van der Waals surface area contributed by atoms with Gasteiger partial charge in [0.15, 0.2) is 5.82 Å². The number of anilines is 1. The summed E-state index contributed by atoms with van der Waals surface area (Å²) in [5.74, 6) is 2.22. The molecule has 0 saturated carbocycles. The molecule has 1 aliphatic heterocycles. The lowest BCUT2D eigenvalue weighted by molar-refractivity contribution is 0.199. The molecule has 0 spiro atoms. The van der Waals surface area contributed by atoms with Gasteiger partial charge in [0.1, 0.15) is 17.5 Å². The zero-order chi connectivity index (χ0) is 28.2. The minimum absolute atomic E-state index is 0.150. The highest BCUT2D eigenvalue weighted by atomic mass is 16.5. The van der Waals surface area contributed by atoms with E-state index in [0.29, 0.717) is 17.9 Å². The molecular formula is C31H33N7O3. The Morgan fingerprint density at radius 2 is 1.61 bits per heavy atom. The van der Waals surface area contributed by atoms with Gasteiger partial charge in [-0.1, -0.05) is 30.3 Å². The monoisotopic (exact) mass is 551 g/mol. The van der Waals surface area contributed by atoms with E-state index in [1.165, 1.54) is 5.56 Å². The molecule has 3 aromatic carbocycles. The van der Waals surface area contributed by atoms with E-state index in [9.17, 15) is 4.79 Å². The normalized spacial score (nSPS) is 14.7. The van der Waals surface area contributed by atoms with E-state index >= 15 is 0 Å². The number of aryl methyl sites for hydroxylation is 2. The van der Waals surface area contributed by atoms with Crippen molar-refractivity contribution in [2.45, 2.75) is 19.0 Å². The number of piperazine rings is 1. The molecule has 10 nitrogen and oxygen atoms in total. The first-order chi connectivity index (χ1) is 20.1. The quantitative estimate of drug-likeness (QED) is 0.296. The first kappa shape index (κ1) is 26.5. The maximum Gasteiger partial charge on any atom is 0.253 e. The van der Waals surface area contributed by atoms with Gasteiger partial charge >= 0.3 is 0 Å². The Morgan fingerprint density at radius 1 is 0.878 bits per heavy atom. The summed E-state index contributed by atoms with van der Waals surface area (Å²) in [6.45, 7) is 3.67. The lowest BCUT2D eigenvalue weighted by Gasteiger charge is -2.39. The minimum Gasteiger partial charge on any atom is -0.497 e. The van der Waals surface area contributed by atoms with Gasteiger partial charge in [-0.15, -0.1) is 5.10 Å². The van der Waals surface area contributed by atoms with E-state index in [1.54, 1.807) is 14.2 Å². The number of hydrogen-bond donors (Lipinski definition) is 1. The number of pyridine rings is 1. The molecule has 10 heteroatoms. The number of aromatic amines is 1. The van der Waals surface area contributed by atoms with Gasteiger partial charge in [0, 0.05) is 54.9 Å². The third-order valence-electron chi connectivity index (χ3n) is 7.75. The summed E-state index contributed by atoms with van der Waals surface area (Å²) < 4.78 is 12.6. The third kappa shape index (κ3) is 5.64. The number of tetrazole rings is 1. The Labute approximate surface area is 238 Å². The van der Waals surface area contributed by atoms with Crippen molar-refractivity contribution >= 4 is 16.6 Å². The van der Waals surface area contributed by atoms with Gasteiger partial charge in [0.05, 0.1) is 14.2 Å². The fourth-order valence-corrected chi connectivity index (χ4v) is 5.51. The molecule has 6 rings (SSSR count). The largest absolute Gasteiger partial charge is 0.497 e. The lowest BCUT2D eigenvalue weighted by atomic mass is 10.0. The number of fused-ring (bicyclic) bond motifs is 1. The van der Waals surface area contributed by atoms with E-state index in [2.05, 4.69) is 54.6 Å². The standard InChI is InChI=1S/C31H33N7O3/c1-40-25-10-8-24(9-11-25)36-16-18-37(19-17-36)29(27-21-23-20-26(41-2)12-13-28(23)32-31(27)39)30-33-34-35-38(30)15-14-22-6-4-3-5-7-22/h3-13,20-21,29H,14-19H2,1-2H3,(H,32,39)/t29-/m1/s1. The summed E-state index contributed by atoms with van der Waals surface area (Å²) in [7, 11) is 3.31. The Bertz CT molecular complexity index is 1660. The predicted octanol–water partition coefficient (Wildman–Crippen LogP) is 3.69. The molecule has 0 bridgehead atoms. The summed E-state index contributed by atoms with van der Waals surface area (Å²) >= 11 is 0. The van der Waals surface area contributed by atoms with Crippen LogP contribution in [0.5, 0.6) is 11.5 Å². The summed E-state index contributed by atoms with van der Waals surface area (Å²) in [4.78, 5) is 21.3. The van der Waals surface area contributed by atoms with Gasteiger partial charge in [-0.2, -0.15) is 0 Å². The van der Waals surface area contributed by atoms with Crippen molar-refractivity contribution in [2.75, 3.05) is 45.3 Å². The van der Waals surface area contributed by atoms with Gasteiger partial charge in [0.25, 0.3) is 5.56 Å². The first-order valence-electron chi connectivity index (χ1n) is 13.8. The highest BCUT2D eigenvalue weighted by molar-refractivity contribution is 5.80. The van der Waals surface area contributed by atoms with Crippen LogP contribution in [0.4, 0.5) is 5.69 Å². The number of H-pyrrole nitrogens is 1. The fourth-order valence-electron chi connectivity index (χ4n) is 5.51. The molecule has 210 valence electrons. The maximum atomic E-state index is 13.6. The van der Waals surface area contributed by atoms with E-state index in [4.69, 9.17) is 9.47 Å². The van der Waals surface area contributed by atoms with Crippen LogP contribution in [0, 0.1) is 0 Å². The molecule has 1 fully saturated rings. The van der Waals surface area contributed by atoms with Gasteiger partial charge in [-0.3, -0.25) is 9.69 Å². The average molecular weight is 552 g/mol. The number of benzene rings is 3. The Kier molecular flexibility index (Phi) is 7.64. The molecule has 2 aromatic heterocycles. The van der Waals surface area contributed by atoms with Crippen LogP contribution in [0.25, 0.3) is 10.9 Å². The highest BCUT2D eigenvalue weighted by Crippen LogP contribution is 2.30. The van der Waals surface area contributed by atoms with Crippen LogP contribution in [-0.2, 0) is 13.0 Å². The van der Waals surface area contributed by atoms with Crippen LogP contribution in [0.1, 0.15) is 23.0 Å². The molecule has 1 saturated heterocycles. The Morgan fingerprint density at radius 3 is 2.34 bits per heavy atom. The highest BCUT2D eigenvalue weighted by Gasteiger charge is 2.32. The van der Waals surface area contributed by atoms with Crippen LogP contribution in [0.3, 0.4) is 0 Å². The molecule has 41 heavy (non-hydrogen) atoms. The maximum absolute atomic E-state index is 13.6. The van der Waals surface area contributed by atoms with Crippen molar-refractivity contribution in [1.82, 2.24) is 30.1 Å². The van der Waals surface area contributed by atoms with Gasteiger partial charge < -0.3 is 19.4 Å². The minimum atomic E-state index is -0.418. The predicted molar refractivity (Wildman–Crippen MR) is 158 cm³/mol. The van der Waals surface area contributed by atoms with Gasteiger partial charge in [-0.05, 0) is 70.9 Å². The van der Waals surface area contributed by atoms with Crippen LogP contribution < -0.4 is 19.9 Å². The van der Waals surface area contributed by atoms with Crippen LogP contribution in [0.15, 0.2) is 83.7 Å². The van der Waals surface area contributed by atoms with E-state index in [1.807, 2.05) is 59.3 Å². The van der Waals surface area contributed by atoms with Crippen molar-refractivity contribution in [3.8, 4) is 11.5 Å². The SMILES string of the molecule is COc1ccc(N2CCN([C@H](c3cc4cc(OC)ccc4[nH]c3=O)c3nnnn3CCc3ccccc3)CC2)cc1. The summed E-state index contributed by atoms with van der Waals surface area (Å²) in [6.07, 6.45) is 0.780. The molecule has 0 radical (unpaired) electrons. The van der Waals surface area contributed by atoms with Crippen LogP contribution in [0.2, 0.25) is 0 Å². The van der Waals surface area contributed by atoms with Crippen molar-refractivity contribution in [3.63, 3.8) is 0 Å². The molecule has 0 aliphatic carbocycles. The molecule has 0 unspecified atom stereocenters. The molecule has 1 aliphatic rings. The van der Waals surface area contributed by atoms with Crippen LogP contribution >= 0.6 is 0 Å².